The van der Waals surface area contributed by atoms with Crippen molar-refractivity contribution in [3.05, 3.63) is 62.8 Å². The first-order valence-electron chi connectivity index (χ1n) is 10.2. The summed E-state index contributed by atoms with van der Waals surface area (Å²) in [6, 6.07) is 7.07. The van der Waals surface area contributed by atoms with Gasteiger partial charge in [0.25, 0.3) is 0 Å². The number of carbonyl (C=O) groups is 2. The number of rotatable bonds is 9. The summed E-state index contributed by atoms with van der Waals surface area (Å²) in [6.45, 7) is 4.03. The highest BCUT2D eigenvalue weighted by atomic mass is 35.5. The molecule has 186 valence electrons. The Hall–Kier alpha value is -2.07. The first kappa shape index (κ1) is 28.2. The van der Waals surface area contributed by atoms with Gasteiger partial charge in [0.15, 0.2) is 0 Å². The highest BCUT2D eigenvalue weighted by molar-refractivity contribution is 7.92. The zero-order valence-electron chi connectivity index (χ0n) is 19.0. The number of nitrogens with one attached hydrogen (secondary N) is 1. The first-order valence-corrected chi connectivity index (χ1v) is 13.2. The van der Waals surface area contributed by atoms with Gasteiger partial charge in [-0.3, -0.25) is 13.9 Å². The van der Waals surface area contributed by atoms with Crippen molar-refractivity contribution in [2.24, 2.45) is 0 Å². The van der Waals surface area contributed by atoms with E-state index in [1.807, 2.05) is 0 Å². The molecule has 0 saturated heterocycles. The van der Waals surface area contributed by atoms with E-state index in [0.717, 1.165) is 15.5 Å². The van der Waals surface area contributed by atoms with E-state index < -0.39 is 40.2 Å². The molecule has 0 aliphatic heterocycles. The number of nitrogens with zero attached hydrogens (tertiary/aromatic N) is 2. The molecule has 34 heavy (non-hydrogen) atoms. The molecule has 0 radical (unpaired) electrons. The minimum absolute atomic E-state index is 0.0371. The molecule has 0 bridgehead atoms. The highest BCUT2D eigenvalue weighted by Crippen LogP contribution is 2.35. The van der Waals surface area contributed by atoms with Crippen LogP contribution in [0.4, 0.5) is 10.1 Å². The smallest absolute Gasteiger partial charge is 0.244 e. The van der Waals surface area contributed by atoms with E-state index in [-0.39, 0.29) is 38.9 Å². The Labute approximate surface area is 213 Å². The summed E-state index contributed by atoms with van der Waals surface area (Å²) < 4.78 is 40.3. The Morgan fingerprint density at radius 2 is 1.62 bits per heavy atom. The van der Waals surface area contributed by atoms with Crippen molar-refractivity contribution in [2.75, 3.05) is 17.1 Å². The number of hydrogen-bond donors (Lipinski definition) is 1. The predicted octanol–water partition coefficient (Wildman–Crippen LogP) is 4.49. The quantitative estimate of drug-likeness (QED) is 0.464. The molecule has 0 aliphatic rings. The molecule has 2 aromatic carbocycles. The van der Waals surface area contributed by atoms with Crippen LogP contribution < -0.4 is 9.62 Å². The lowest BCUT2D eigenvalue weighted by atomic mass is 10.1. The molecule has 0 unspecified atom stereocenters. The average Bonchev–Trinajstić information content (AvgIpc) is 2.72. The van der Waals surface area contributed by atoms with Crippen molar-refractivity contribution < 1.29 is 22.4 Å². The second-order valence-electron chi connectivity index (χ2n) is 7.94. The Morgan fingerprint density at radius 3 is 2.18 bits per heavy atom. The summed E-state index contributed by atoms with van der Waals surface area (Å²) in [4.78, 5) is 27.2. The van der Waals surface area contributed by atoms with Crippen LogP contribution in [-0.2, 0) is 26.2 Å². The maximum atomic E-state index is 14.4. The summed E-state index contributed by atoms with van der Waals surface area (Å²) in [7, 11) is -4.02. The van der Waals surface area contributed by atoms with Crippen molar-refractivity contribution in [1.29, 1.82) is 0 Å². The van der Waals surface area contributed by atoms with Gasteiger partial charge in [0.2, 0.25) is 21.8 Å². The Kier molecular flexibility index (Phi) is 9.59. The SMILES string of the molecule is CC(C)NC(=O)[C@H](C)N(Cc1ccccc1F)C(=O)CN(c1cc(Cl)c(Cl)cc1Cl)S(C)(=O)=O. The number of benzene rings is 2. The minimum Gasteiger partial charge on any atom is -0.352 e. The van der Waals surface area contributed by atoms with Crippen LogP contribution in [0.3, 0.4) is 0 Å². The molecule has 0 fully saturated rings. The Morgan fingerprint density at radius 1 is 1.03 bits per heavy atom. The van der Waals surface area contributed by atoms with Crippen molar-refractivity contribution in [1.82, 2.24) is 10.2 Å². The van der Waals surface area contributed by atoms with Crippen LogP contribution in [0, 0.1) is 5.82 Å². The number of hydrogen-bond acceptors (Lipinski definition) is 4. The van der Waals surface area contributed by atoms with Gasteiger partial charge in [-0.15, -0.1) is 0 Å². The van der Waals surface area contributed by atoms with E-state index in [0.29, 0.717) is 0 Å². The summed E-state index contributed by atoms with van der Waals surface area (Å²) in [5.41, 5.74) is 0.107. The highest BCUT2D eigenvalue weighted by Gasteiger charge is 2.31. The van der Waals surface area contributed by atoms with Crippen LogP contribution >= 0.6 is 34.8 Å². The molecular weight excluding hydrogens is 528 g/mol. The number of carbonyl (C=O) groups excluding carboxylic acids is 2. The number of amides is 2. The van der Waals surface area contributed by atoms with Crippen molar-refractivity contribution in [3.63, 3.8) is 0 Å². The van der Waals surface area contributed by atoms with Gasteiger partial charge < -0.3 is 10.2 Å². The first-order chi connectivity index (χ1) is 15.7. The van der Waals surface area contributed by atoms with Gasteiger partial charge in [0.05, 0.1) is 27.0 Å². The maximum absolute atomic E-state index is 14.4. The maximum Gasteiger partial charge on any atom is 0.244 e. The van der Waals surface area contributed by atoms with Gasteiger partial charge in [0, 0.05) is 18.2 Å². The topological polar surface area (TPSA) is 86.8 Å². The number of anilines is 1. The second-order valence-corrected chi connectivity index (χ2v) is 11.1. The normalized spacial score (nSPS) is 12.4. The summed E-state index contributed by atoms with van der Waals surface area (Å²) >= 11 is 18.2. The molecule has 0 saturated carbocycles. The molecule has 12 heteroatoms. The molecule has 0 aliphatic carbocycles. The van der Waals surface area contributed by atoms with E-state index in [2.05, 4.69) is 5.32 Å². The van der Waals surface area contributed by atoms with Crippen LogP contribution in [0.1, 0.15) is 26.3 Å². The van der Waals surface area contributed by atoms with E-state index in [4.69, 9.17) is 34.8 Å². The zero-order valence-corrected chi connectivity index (χ0v) is 22.1. The molecule has 2 aromatic rings. The standard InChI is InChI=1S/C22H25Cl3FN3O4S/c1-13(2)27-22(31)14(3)28(11-15-7-5-6-8-19(15)26)21(30)12-29(34(4,32)33)20-10-17(24)16(23)9-18(20)25/h5-10,13-14H,11-12H2,1-4H3,(H,27,31)/t14-/m0/s1. The molecule has 1 atom stereocenters. The fourth-order valence-electron chi connectivity index (χ4n) is 3.10. The predicted molar refractivity (Wildman–Crippen MR) is 133 cm³/mol. The van der Waals surface area contributed by atoms with Gasteiger partial charge in [-0.25, -0.2) is 12.8 Å². The lowest BCUT2D eigenvalue weighted by Gasteiger charge is -2.32. The van der Waals surface area contributed by atoms with Gasteiger partial charge in [0.1, 0.15) is 18.4 Å². The van der Waals surface area contributed by atoms with E-state index in [9.17, 15) is 22.4 Å². The lowest BCUT2D eigenvalue weighted by Crippen LogP contribution is -2.52. The van der Waals surface area contributed by atoms with Gasteiger partial charge in [-0.1, -0.05) is 53.0 Å². The van der Waals surface area contributed by atoms with Crippen LogP contribution in [-0.4, -0.2) is 50.0 Å². The third-order valence-electron chi connectivity index (χ3n) is 4.83. The van der Waals surface area contributed by atoms with E-state index in [1.165, 1.54) is 37.3 Å². The van der Waals surface area contributed by atoms with Gasteiger partial charge in [-0.05, 0) is 39.0 Å². The monoisotopic (exact) mass is 551 g/mol. The molecule has 7 nitrogen and oxygen atoms in total. The molecule has 2 amide bonds. The van der Waals surface area contributed by atoms with Gasteiger partial charge >= 0.3 is 0 Å². The Balaban J connectivity index is 2.48. The van der Waals surface area contributed by atoms with E-state index in [1.54, 1.807) is 19.9 Å². The van der Waals surface area contributed by atoms with Crippen LogP contribution in [0.25, 0.3) is 0 Å². The third kappa shape index (κ3) is 7.21. The van der Waals surface area contributed by atoms with Crippen molar-refractivity contribution >= 4 is 62.3 Å². The average molecular weight is 553 g/mol. The molecular formula is C22H25Cl3FN3O4S. The fourth-order valence-corrected chi connectivity index (χ4v) is 4.64. The number of sulfonamides is 1. The summed E-state index contributed by atoms with van der Waals surface area (Å²) in [5.74, 6) is -1.79. The van der Waals surface area contributed by atoms with Crippen molar-refractivity contribution in [3.8, 4) is 0 Å². The molecule has 2 rings (SSSR count). The zero-order chi connectivity index (χ0) is 25.8. The fraction of sp³-hybridized carbons (Fsp3) is 0.364. The third-order valence-corrected chi connectivity index (χ3v) is 6.99. The van der Waals surface area contributed by atoms with Crippen molar-refractivity contribution in [2.45, 2.75) is 39.4 Å². The Bertz CT molecular complexity index is 1180. The largest absolute Gasteiger partial charge is 0.352 e. The minimum atomic E-state index is -4.02. The van der Waals surface area contributed by atoms with Gasteiger partial charge in [-0.2, -0.15) is 0 Å². The lowest BCUT2D eigenvalue weighted by molar-refractivity contribution is -0.139. The summed E-state index contributed by atoms with van der Waals surface area (Å²) in [6.07, 6.45) is 0.898. The molecule has 0 aromatic heterocycles. The second kappa shape index (κ2) is 11.6. The molecule has 1 N–H and O–H groups in total. The molecule has 0 spiro atoms. The van der Waals surface area contributed by atoms with E-state index >= 15 is 0 Å². The summed E-state index contributed by atoms with van der Waals surface area (Å²) in [5, 5.41) is 2.81. The van der Waals surface area contributed by atoms with Crippen LogP contribution in [0.15, 0.2) is 36.4 Å². The van der Waals surface area contributed by atoms with Crippen LogP contribution in [0.5, 0.6) is 0 Å². The van der Waals surface area contributed by atoms with Crippen LogP contribution in [0.2, 0.25) is 15.1 Å². The molecule has 0 heterocycles. The number of halogens is 4.